The van der Waals surface area contributed by atoms with Gasteiger partial charge in [0.2, 0.25) is 0 Å². The Kier molecular flexibility index (Phi) is 3.73. The Bertz CT molecular complexity index is 818. The first-order valence-electron chi connectivity index (χ1n) is 6.72. The van der Waals surface area contributed by atoms with Crippen LogP contribution in [0.25, 0.3) is 5.69 Å². The van der Waals surface area contributed by atoms with Gasteiger partial charge in [-0.3, -0.25) is 4.79 Å². The number of carbonyl (C=O) groups is 1. The number of carbonyl (C=O) groups excluding carboxylic acids is 1. The minimum Gasteiger partial charge on any atom is -0.459 e. The summed E-state index contributed by atoms with van der Waals surface area (Å²) in [5.74, 6) is 0.475. The van der Waals surface area contributed by atoms with E-state index in [4.69, 9.17) is 16.0 Å². The quantitative estimate of drug-likeness (QED) is 0.795. The molecule has 0 saturated heterocycles. The van der Waals surface area contributed by atoms with Crippen LogP contribution in [0.1, 0.15) is 21.7 Å². The molecule has 0 fully saturated rings. The van der Waals surface area contributed by atoms with E-state index in [0.29, 0.717) is 16.6 Å². The van der Waals surface area contributed by atoms with Crippen molar-refractivity contribution in [3.05, 3.63) is 64.7 Å². The maximum atomic E-state index is 12.2. The van der Waals surface area contributed by atoms with Gasteiger partial charge in [0.25, 0.3) is 5.91 Å². The minimum atomic E-state index is -0.313. The zero-order chi connectivity index (χ0) is 15.7. The zero-order valence-corrected chi connectivity index (χ0v) is 12.9. The molecule has 0 aliphatic rings. The first-order chi connectivity index (χ1) is 10.5. The van der Waals surface area contributed by atoms with E-state index in [1.54, 1.807) is 22.9 Å². The van der Waals surface area contributed by atoms with Gasteiger partial charge in [0.15, 0.2) is 11.6 Å². The molecular formula is C16H14ClN3O2. The van der Waals surface area contributed by atoms with Crippen LogP contribution in [0.15, 0.2) is 47.2 Å². The van der Waals surface area contributed by atoms with Crippen LogP contribution in [-0.2, 0) is 0 Å². The van der Waals surface area contributed by atoms with E-state index in [1.165, 1.54) is 6.26 Å². The number of hydrogen-bond acceptors (Lipinski definition) is 3. The number of furan rings is 1. The van der Waals surface area contributed by atoms with Gasteiger partial charge in [-0.2, -0.15) is 0 Å². The van der Waals surface area contributed by atoms with Gasteiger partial charge in [0.1, 0.15) is 0 Å². The van der Waals surface area contributed by atoms with Gasteiger partial charge in [-0.25, -0.2) is 4.68 Å². The average Bonchev–Trinajstić information content (AvgIpc) is 3.06. The van der Waals surface area contributed by atoms with Crippen molar-refractivity contribution in [1.29, 1.82) is 0 Å². The average molecular weight is 316 g/mol. The SMILES string of the molecule is Cc1cn(-c2ccc(Cl)cc2)nc1NC(=O)c1occc1C. The third-order valence-electron chi connectivity index (χ3n) is 3.29. The number of anilines is 1. The molecule has 3 aromatic rings. The van der Waals surface area contributed by atoms with Gasteiger partial charge in [0.05, 0.1) is 12.0 Å². The highest BCUT2D eigenvalue weighted by Gasteiger charge is 2.16. The van der Waals surface area contributed by atoms with E-state index in [1.807, 2.05) is 32.2 Å². The van der Waals surface area contributed by atoms with Crippen LogP contribution in [0.5, 0.6) is 0 Å². The normalized spacial score (nSPS) is 10.7. The van der Waals surface area contributed by atoms with E-state index >= 15 is 0 Å². The molecule has 1 aromatic carbocycles. The Morgan fingerprint density at radius 3 is 2.55 bits per heavy atom. The molecule has 22 heavy (non-hydrogen) atoms. The van der Waals surface area contributed by atoms with Crippen molar-refractivity contribution in [3.63, 3.8) is 0 Å². The molecule has 2 aromatic heterocycles. The molecule has 2 heterocycles. The highest BCUT2D eigenvalue weighted by molar-refractivity contribution is 6.30. The van der Waals surface area contributed by atoms with Crippen LogP contribution < -0.4 is 5.32 Å². The Morgan fingerprint density at radius 1 is 1.18 bits per heavy atom. The second-order valence-corrected chi connectivity index (χ2v) is 5.41. The van der Waals surface area contributed by atoms with Crippen LogP contribution in [0.3, 0.4) is 0 Å². The van der Waals surface area contributed by atoms with E-state index < -0.39 is 0 Å². The topological polar surface area (TPSA) is 60.1 Å². The maximum absolute atomic E-state index is 12.2. The number of aryl methyl sites for hydroxylation is 2. The second-order valence-electron chi connectivity index (χ2n) is 4.97. The predicted molar refractivity (Wildman–Crippen MR) is 84.7 cm³/mol. The van der Waals surface area contributed by atoms with Crippen molar-refractivity contribution in [1.82, 2.24) is 9.78 Å². The number of benzene rings is 1. The summed E-state index contributed by atoms with van der Waals surface area (Å²) in [7, 11) is 0. The summed E-state index contributed by atoms with van der Waals surface area (Å²) in [5, 5.41) is 7.82. The summed E-state index contributed by atoms with van der Waals surface area (Å²) in [5.41, 5.74) is 2.50. The number of rotatable bonds is 3. The molecule has 1 amide bonds. The van der Waals surface area contributed by atoms with Crippen molar-refractivity contribution >= 4 is 23.3 Å². The Balaban J connectivity index is 1.85. The largest absolute Gasteiger partial charge is 0.459 e. The summed E-state index contributed by atoms with van der Waals surface area (Å²) in [4.78, 5) is 12.2. The van der Waals surface area contributed by atoms with Gasteiger partial charge in [-0.05, 0) is 44.2 Å². The maximum Gasteiger partial charge on any atom is 0.292 e. The molecule has 0 saturated carbocycles. The van der Waals surface area contributed by atoms with Gasteiger partial charge in [-0.15, -0.1) is 5.10 Å². The predicted octanol–water partition coefficient (Wildman–Crippen LogP) is 3.99. The van der Waals surface area contributed by atoms with E-state index in [2.05, 4.69) is 10.4 Å². The third-order valence-corrected chi connectivity index (χ3v) is 3.54. The smallest absolute Gasteiger partial charge is 0.292 e. The van der Waals surface area contributed by atoms with E-state index in [-0.39, 0.29) is 5.91 Å². The number of nitrogens with zero attached hydrogens (tertiary/aromatic N) is 2. The molecule has 3 rings (SSSR count). The molecule has 1 N–H and O–H groups in total. The van der Waals surface area contributed by atoms with Crippen LogP contribution in [0, 0.1) is 13.8 Å². The fraction of sp³-hybridized carbons (Fsp3) is 0.125. The highest BCUT2D eigenvalue weighted by atomic mass is 35.5. The van der Waals surface area contributed by atoms with Crippen LogP contribution in [0.2, 0.25) is 5.02 Å². The summed E-state index contributed by atoms with van der Waals surface area (Å²) in [6.45, 7) is 3.70. The lowest BCUT2D eigenvalue weighted by Crippen LogP contribution is -2.13. The molecule has 0 aliphatic carbocycles. The summed E-state index contributed by atoms with van der Waals surface area (Å²) in [6, 6.07) is 9.04. The second kappa shape index (κ2) is 5.69. The number of halogens is 1. The molecule has 5 nitrogen and oxygen atoms in total. The van der Waals surface area contributed by atoms with E-state index in [9.17, 15) is 4.79 Å². The highest BCUT2D eigenvalue weighted by Crippen LogP contribution is 2.19. The lowest BCUT2D eigenvalue weighted by Gasteiger charge is -2.02. The number of hydrogen-bond donors (Lipinski definition) is 1. The molecule has 6 heteroatoms. The first kappa shape index (κ1) is 14.4. The number of nitrogens with one attached hydrogen (secondary N) is 1. The molecule has 112 valence electrons. The molecule has 0 atom stereocenters. The molecule has 0 bridgehead atoms. The fourth-order valence-corrected chi connectivity index (χ4v) is 2.21. The number of aromatic nitrogens is 2. The first-order valence-corrected chi connectivity index (χ1v) is 7.10. The summed E-state index contributed by atoms with van der Waals surface area (Å²) < 4.78 is 6.87. The van der Waals surface area contributed by atoms with Crippen LogP contribution in [-0.4, -0.2) is 15.7 Å². The molecule has 0 spiro atoms. The van der Waals surface area contributed by atoms with Crippen molar-refractivity contribution in [3.8, 4) is 5.69 Å². The van der Waals surface area contributed by atoms with Gasteiger partial charge < -0.3 is 9.73 Å². The Hall–Kier alpha value is -2.53. The standard InChI is InChI=1S/C16H14ClN3O2/c1-10-7-8-22-14(10)16(21)18-15-11(2)9-20(19-15)13-5-3-12(17)4-6-13/h3-9H,1-2H3,(H,18,19,21). The van der Waals surface area contributed by atoms with Crippen molar-refractivity contribution in [2.75, 3.05) is 5.32 Å². The van der Waals surface area contributed by atoms with Crippen molar-refractivity contribution in [2.24, 2.45) is 0 Å². The molecular weight excluding hydrogens is 302 g/mol. The van der Waals surface area contributed by atoms with Gasteiger partial charge >= 0.3 is 0 Å². The Labute approximate surface area is 132 Å². The molecule has 0 unspecified atom stereocenters. The molecule has 0 radical (unpaired) electrons. The summed E-state index contributed by atoms with van der Waals surface area (Å²) in [6.07, 6.45) is 3.33. The number of amides is 1. The monoisotopic (exact) mass is 315 g/mol. The Morgan fingerprint density at radius 2 is 1.91 bits per heavy atom. The van der Waals surface area contributed by atoms with Gasteiger partial charge in [-0.1, -0.05) is 11.6 Å². The van der Waals surface area contributed by atoms with Crippen molar-refractivity contribution in [2.45, 2.75) is 13.8 Å². The van der Waals surface area contributed by atoms with Crippen molar-refractivity contribution < 1.29 is 9.21 Å². The lowest BCUT2D eigenvalue weighted by molar-refractivity contribution is 0.0995. The van der Waals surface area contributed by atoms with Crippen LogP contribution in [0.4, 0.5) is 5.82 Å². The van der Waals surface area contributed by atoms with Gasteiger partial charge in [0, 0.05) is 22.3 Å². The zero-order valence-electron chi connectivity index (χ0n) is 12.1. The lowest BCUT2D eigenvalue weighted by atomic mass is 10.2. The fourth-order valence-electron chi connectivity index (χ4n) is 2.08. The van der Waals surface area contributed by atoms with Crippen LogP contribution >= 0.6 is 11.6 Å². The van der Waals surface area contributed by atoms with E-state index in [0.717, 1.165) is 16.8 Å². The molecule has 0 aliphatic heterocycles. The minimum absolute atomic E-state index is 0.292. The summed E-state index contributed by atoms with van der Waals surface area (Å²) >= 11 is 5.88. The third kappa shape index (κ3) is 2.76.